The molecule has 0 spiro atoms. The largest absolute Gasteiger partial charge is 0.401 e. The Morgan fingerprint density at radius 2 is 1.88 bits per heavy atom. The van der Waals surface area contributed by atoms with E-state index >= 15 is 0 Å². The normalized spacial score (nSPS) is 21.0. The zero-order valence-corrected chi connectivity index (χ0v) is 10.2. The van der Waals surface area contributed by atoms with Crippen molar-refractivity contribution >= 4 is 0 Å². The van der Waals surface area contributed by atoms with E-state index in [1.54, 1.807) is 13.8 Å². The summed E-state index contributed by atoms with van der Waals surface area (Å²) >= 11 is 0. The first kappa shape index (κ1) is 14.7. The maximum Gasteiger partial charge on any atom is 0.401 e. The third-order valence-electron chi connectivity index (χ3n) is 3.25. The SMILES string of the molecule is CC(C)N(CC(F)(F)F)C(CO)C(N)C1CC1. The summed E-state index contributed by atoms with van der Waals surface area (Å²) < 4.78 is 37.4. The molecule has 6 heteroatoms. The molecule has 0 aliphatic heterocycles. The van der Waals surface area contributed by atoms with Crippen molar-refractivity contribution in [3.8, 4) is 0 Å². The van der Waals surface area contributed by atoms with Crippen LogP contribution >= 0.6 is 0 Å². The summed E-state index contributed by atoms with van der Waals surface area (Å²) in [7, 11) is 0. The molecule has 2 unspecified atom stereocenters. The number of hydrogen-bond donors (Lipinski definition) is 2. The van der Waals surface area contributed by atoms with Gasteiger partial charge in [0.1, 0.15) is 0 Å². The highest BCUT2D eigenvalue weighted by Gasteiger charge is 2.41. The molecule has 2 atom stereocenters. The maximum absolute atomic E-state index is 12.5. The third-order valence-corrected chi connectivity index (χ3v) is 3.25. The van der Waals surface area contributed by atoms with Crippen LogP contribution in [0, 0.1) is 5.92 Å². The topological polar surface area (TPSA) is 49.5 Å². The van der Waals surface area contributed by atoms with Crippen LogP contribution in [0.1, 0.15) is 26.7 Å². The Morgan fingerprint density at radius 3 is 2.18 bits per heavy atom. The van der Waals surface area contributed by atoms with Crippen molar-refractivity contribution in [2.75, 3.05) is 13.2 Å². The van der Waals surface area contributed by atoms with Crippen LogP contribution in [0.4, 0.5) is 13.2 Å². The molecule has 0 aromatic heterocycles. The molecule has 3 N–H and O–H groups in total. The van der Waals surface area contributed by atoms with Crippen LogP contribution in [0.25, 0.3) is 0 Å². The average Bonchev–Trinajstić information content (AvgIpc) is 2.98. The summed E-state index contributed by atoms with van der Waals surface area (Å²) in [5, 5.41) is 9.30. The highest BCUT2D eigenvalue weighted by Crippen LogP contribution is 2.34. The van der Waals surface area contributed by atoms with Crippen LogP contribution in [0.5, 0.6) is 0 Å². The van der Waals surface area contributed by atoms with E-state index in [-0.39, 0.29) is 24.6 Å². The molecule has 0 aromatic rings. The molecule has 1 saturated carbocycles. The molecule has 3 nitrogen and oxygen atoms in total. The summed E-state index contributed by atoms with van der Waals surface area (Å²) in [6.07, 6.45) is -2.35. The molecule has 0 bridgehead atoms. The van der Waals surface area contributed by atoms with Gasteiger partial charge in [-0.15, -0.1) is 0 Å². The van der Waals surface area contributed by atoms with Crippen molar-refractivity contribution in [3.63, 3.8) is 0 Å². The smallest absolute Gasteiger partial charge is 0.395 e. The number of halogens is 3. The van der Waals surface area contributed by atoms with Gasteiger partial charge in [-0.1, -0.05) is 0 Å². The molecular formula is C11H21F3N2O. The predicted molar refractivity (Wildman–Crippen MR) is 59.5 cm³/mol. The molecule has 0 heterocycles. The van der Waals surface area contributed by atoms with E-state index in [0.717, 1.165) is 12.8 Å². The average molecular weight is 254 g/mol. The number of nitrogens with zero attached hydrogens (tertiary/aromatic N) is 1. The van der Waals surface area contributed by atoms with Gasteiger partial charge in [0.15, 0.2) is 0 Å². The summed E-state index contributed by atoms with van der Waals surface area (Å²) in [5.74, 6) is 0.265. The highest BCUT2D eigenvalue weighted by atomic mass is 19.4. The molecule has 0 radical (unpaired) electrons. The van der Waals surface area contributed by atoms with E-state index in [9.17, 15) is 18.3 Å². The Hall–Kier alpha value is -0.330. The Balaban J connectivity index is 2.71. The Kier molecular flexibility index (Phi) is 4.80. The van der Waals surface area contributed by atoms with Gasteiger partial charge in [-0.25, -0.2) is 0 Å². The zero-order chi connectivity index (χ0) is 13.2. The van der Waals surface area contributed by atoms with E-state index in [1.165, 1.54) is 4.90 Å². The van der Waals surface area contributed by atoms with E-state index in [1.807, 2.05) is 0 Å². The minimum atomic E-state index is -4.26. The van der Waals surface area contributed by atoms with Crippen molar-refractivity contribution in [2.45, 2.75) is 51.0 Å². The Labute approximate surface area is 99.8 Å². The fraction of sp³-hybridized carbons (Fsp3) is 1.00. The van der Waals surface area contributed by atoms with Gasteiger partial charge in [-0.3, -0.25) is 4.90 Å². The standard InChI is InChI=1S/C11H21F3N2O/c1-7(2)16(6-11(12,13)14)9(5-17)10(15)8-3-4-8/h7-10,17H,3-6,15H2,1-2H3. The lowest BCUT2D eigenvalue weighted by Gasteiger charge is -2.37. The lowest BCUT2D eigenvalue weighted by molar-refractivity contribution is -0.158. The second kappa shape index (κ2) is 5.54. The first-order chi connectivity index (χ1) is 7.76. The number of aliphatic hydroxyl groups excluding tert-OH is 1. The minimum Gasteiger partial charge on any atom is -0.395 e. The van der Waals surface area contributed by atoms with E-state index in [0.29, 0.717) is 0 Å². The molecule has 0 saturated heterocycles. The van der Waals surface area contributed by atoms with Crippen molar-refractivity contribution in [1.29, 1.82) is 0 Å². The van der Waals surface area contributed by atoms with Gasteiger partial charge >= 0.3 is 6.18 Å². The molecule has 0 aromatic carbocycles. The summed E-state index contributed by atoms with van der Waals surface area (Å²) in [4.78, 5) is 1.25. The highest BCUT2D eigenvalue weighted by molar-refractivity contribution is 4.94. The molecule has 0 amide bonds. The van der Waals surface area contributed by atoms with Crippen molar-refractivity contribution < 1.29 is 18.3 Å². The number of hydrogen-bond acceptors (Lipinski definition) is 3. The molecule has 1 aliphatic rings. The lowest BCUT2D eigenvalue weighted by Crippen LogP contribution is -2.56. The Morgan fingerprint density at radius 1 is 1.35 bits per heavy atom. The summed E-state index contributed by atoms with van der Waals surface area (Å²) in [6.45, 7) is 2.03. The molecule has 1 fully saturated rings. The Bertz CT molecular complexity index is 241. The molecule has 102 valence electrons. The minimum absolute atomic E-state index is 0.265. The second-order valence-corrected chi connectivity index (χ2v) is 5.05. The third kappa shape index (κ3) is 4.44. The number of aliphatic hydroxyl groups is 1. The van der Waals surface area contributed by atoms with Gasteiger partial charge in [0.05, 0.1) is 13.2 Å². The fourth-order valence-corrected chi connectivity index (χ4v) is 2.13. The van der Waals surface area contributed by atoms with E-state index in [4.69, 9.17) is 5.73 Å². The van der Waals surface area contributed by atoms with Gasteiger partial charge in [0.25, 0.3) is 0 Å². The van der Waals surface area contributed by atoms with Gasteiger partial charge in [0, 0.05) is 18.1 Å². The molecule has 1 aliphatic carbocycles. The molecular weight excluding hydrogens is 233 g/mol. The van der Waals surface area contributed by atoms with Crippen molar-refractivity contribution in [1.82, 2.24) is 4.90 Å². The first-order valence-electron chi connectivity index (χ1n) is 5.95. The predicted octanol–water partition coefficient (Wildman–Crippen LogP) is 1.36. The maximum atomic E-state index is 12.5. The second-order valence-electron chi connectivity index (χ2n) is 5.05. The number of rotatable bonds is 6. The van der Waals surface area contributed by atoms with Crippen molar-refractivity contribution in [3.05, 3.63) is 0 Å². The summed E-state index contributed by atoms with van der Waals surface area (Å²) in [6, 6.07) is -1.27. The van der Waals surface area contributed by atoms with Crippen LogP contribution in [0.3, 0.4) is 0 Å². The van der Waals surface area contributed by atoms with Gasteiger partial charge in [-0.2, -0.15) is 13.2 Å². The molecule has 1 rings (SSSR count). The number of alkyl halides is 3. The lowest BCUT2D eigenvalue weighted by atomic mass is 10.0. The monoisotopic (exact) mass is 254 g/mol. The van der Waals surface area contributed by atoms with Gasteiger partial charge in [0.2, 0.25) is 0 Å². The van der Waals surface area contributed by atoms with E-state index in [2.05, 4.69) is 0 Å². The first-order valence-corrected chi connectivity index (χ1v) is 5.95. The zero-order valence-electron chi connectivity index (χ0n) is 10.2. The van der Waals surface area contributed by atoms with Crippen molar-refractivity contribution in [2.24, 2.45) is 11.7 Å². The van der Waals surface area contributed by atoms with Crippen LogP contribution in [-0.4, -0.2) is 47.5 Å². The quantitative estimate of drug-likeness (QED) is 0.752. The summed E-state index contributed by atoms with van der Waals surface area (Å²) in [5.41, 5.74) is 5.92. The van der Waals surface area contributed by atoms with Crippen LogP contribution < -0.4 is 5.73 Å². The van der Waals surface area contributed by atoms with Crippen LogP contribution in [-0.2, 0) is 0 Å². The van der Waals surface area contributed by atoms with E-state index < -0.39 is 18.8 Å². The van der Waals surface area contributed by atoms with Gasteiger partial charge in [-0.05, 0) is 32.6 Å². The van der Waals surface area contributed by atoms with Crippen LogP contribution in [0.2, 0.25) is 0 Å². The number of nitrogens with two attached hydrogens (primary N) is 1. The van der Waals surface area contributed by atoms with Crippen LogP contribution in [0.15, 0.2) is 0 Å². The molecule has 17 heavy (non-hydrogen) atoms. The van der Waals surface area contributed by atoms with Gasteiger partial charge < -0.3 is 10.8 Å². The fourth-order valence-electron chi connectivity index (χ4n) is 2.13.